The van der Waals surface area contributed by atoms with Crippen molar-refractivity contribution in [1.82, 2.24) is 20.1 Å². The largest absolute Gasteiger partial charge is 0.357 e. The Labute approximate surface area is 179 Å². The predicted octanol–water partition coefficient (Wildman–Crippen LogP) is 3.12. The molecule has 1 saturated heterocycles. The maximum absolute atomic E-state index is 12.7. The van der Waals surface area contributed by atoms with E-state index in [-0.39, 0.29) is 12.2 Å². The van der Waals surface area contributed by atoms with Gasteiger partial charge in [-0.1, -0.05) is 23.7 Å². The number of benzene rings is 1. The number of halogens is 1. The lowest BCUT2D eigenvalue weighted by atomic mass is 10.2. The maximum Gasteiger partial charge on any atom is 0.276 e. The molecule has 1 N–H and O–H groups in total. The monoisotopic (exact) mass is 423 g/mol. The molecule has 3 heterocycles. The normalized spacial score (nSPS) is 13.5. The molecule has 154 valence electrons. The molecular formula is C22H22ClN5O2. The molecule has 0 atom stereocenters. The van der Waals surface area contributed by atoms with Gasteiger partial charge >= 0.3 is 0 Å². The van der Waals surface area contributed by atoms with Crippen molar-refractivity contribution in [1.29, 1.82) is 0 Å². The number of carbonyl (C=O) groups excluding carboxylic acids is 1. The highest BCUT2D eigenvalue weighted by Crippen LogP contribution is 2.20. The smallest absolute Gasteiger partial charge is 0.276 e. The average molecular weight is 424 g/mol. The Hall–Kier alpha value is -3.19. The van der Waals surface area contributed by atoms with E-state index in [0.717, 1.165) is 24.5 Å². The molecule has 2 aromatic heterocycles. The lowest BCUT2D eigenvalue weighted by molar-refractivity contribution is 0.0943. The highest BCUT2D eigenvalue weighted by Gasteiger charge is 2.17. The molecule has 7 nitrogen and oxygen atoms in total. The van der Waals surface area contributed by atoms with E-state index in [9.17, 15) is 9.59 Å². The molecule has 4 rings (SSSR count). The minimum atomic E-state index is -0.527. The van der Waals surface area contributed by atoms with Crippen molar-refractivity contribution in [3.8, 4) is 5.69 Å². The van der Waals surface area contributed by atoms with Crippen LogP contribution in [0, 0.1) is 6.92 Å². The van der Waals surface area contributed by atoms with Crippen LogP contribution in [0.5, 0.6) is 0 Å². The van der Waals surface area contributed by atoms with Crippen LogP contribution in [-0.2, 0) is 6.54 Å². The number of para-hydroxylation sites is 1. The zero-order valence-electron chi connectivity index (χ0n) is 16.6. The van der Waals surface area contributed by atoms with Crippen molar-refractivity contribution >= 4 is 23.3 Å². The Morgan fingerprint density at radius 1 is 1.17 bits per heavy atom. The van der Waals surface area contributed by atoms with E-state index in [1.54, 1.807) is 25.3 Å². The van der Waals surface area contributed by atoms with Crippen molar-refractivity contribution < 1.29 is 4.79 Å². The Morgan fingerprint density at radius 3 is 2.70 bits per heavy atom. The average Bonchev–Trinajstić information content (AvgIpc) is 3.28. The summed E-state index contributed by atoms with van der Waals surface area (Å²) in [5.41, 5.74) is 1.51. The van der Waals surface area contributed by atoms with E-state index in [4.69, 9.17) is 11.6 Å². The molecule has 0 saturated carbocycles. The molecule has 1 aliphatic rings. The molecular weight excluding hydrogens is 402 g/mol. The number of hydrogen-bond acceptors (Lipinski definition) is 5. The highest BCUT2D eigenvalue weighted by molar-refractivity contribution is 6.32. The molecule has 1 aliphatic heterocycles. The minimum Gasteiger partial charge on any atom is -0.357 e. The fourth-order valence-corrected chi connectivity index (χ4v) is 3.74. The van der Waals surface area contributed by atoms with Gasteiger partial charge < -0.3 is 10.2 Å². The molecule has 0 unspecified atom stereocenters. The quantitative estimate of drug-likeness (QED) is 0.682. The van der Waals surface area contributed by atoms with Gasteiger partial charge in [0, 0.05) is 37.6 Å². The third-order valence-electron chi connectivity index (χ3n) is 5.10. The van der Waals surface area contributed by atoms with Gasteiger partial charge in [-0.25, -0.2) is 9.67 Å². The van der Waals surface area contributed by atoms with Crippen LogP contribution in [0.3, 0.4) is 0 Å². The number of nitrogens with one attached hydrogen (secondary N) is 1. The summed E-state index contributed by atoms with van der Waals surface area (Å²) in [6.07, 6.45) is 4.07. The number of pyridine rings is 1. The van der Waals surface area contributed by atoms with E-state index in [0.29, 0.717) is 16.4 Å². The highest BCUT2D eigenvalue weighted by atomic mass is 35.5. The topological polar surface area (TPSA) is 80.1 Å². The second-order valence-electron chi connectivity index (χ2n) is 7.26. The van der Waals surface area contributed by atoms with Crippen molar-refractivity contribution in [2.24, 2.45) is 0 Å². The molecule has 1 fully saturated rings. The Kier molecular flexibility index (Phi) is 5.81. The van der Waals surface area contributed by atoms with Crippen LogP contribution in [0.1, 0.15) is 34.6 Å². The first-order valence-electron chi connectivity index (χ1n) is 9.87. The third kappa shape index (κ3) is 4.21. The van der Waals surface area contributed by atoms with Crippen molar-refractivity contribution in [2.45, 2.75) is 26.3 Å². The summed E-state index contributed by atoms with van der Waals surface area (Å²) in [5.74, 6) is 0.383. The second-order valence-corrected chi connectivity index (χ2v) is 7.67. The first kappa shape index (κ1) is 20.1. The van der Waals surface area contributed by atoms with Crippen LogP contribution in [-0.4, -0.2) is 33.8 Å². The van der Waals surface area contributed by atoms with E-state index in [1.165, 1.54) is 23.6 Å². The second kappa shape index (κ2) is 8.67. The summed E-state index contributed by atoms with van der Waals surface area (Å²) in [4.78, 5) is 31.8. The van der Waals surface area contributed by atoms with Gasteiger partial charge in [-0.05, 0) is 49.6 Å². The van der Waals surface area contributed by atoms with Crippen LogP contribution >= 0.6 is 11.6 Å². The number of anilines is 1. The molecule has 0 spiro atoms. The molecule has 0 bridgehead atoms. The van der Waals surface area contributed by atoms with Gasteiger partial charge in [0.15, 0.2) is 5.69 Å². The summed E-state index contributed by atoms with van der Waals surface area (Å²) >= 11 is 6.26. The van der Waals surface area contributed by atoms with Crippen LogP contribution < -0.4 is 15.6 Å². The number of carbonyl (C=O) groups is 1. The molecule has 1 amide bonds. The Morgan fingerprint density at radius 2 is 1.93 bits per heavy atom. The van der Waals surface area contributed by atoms with Gasteiger partial charge in [0.05, 0.1) is 10.7 Å². The van der Waals surface area contributed by atoms with Crippen LogP contribution in [0.15, 0.2) is 53.5 Å². The van der Waals surface area contributed by atoms with Crippen molar-refractivity contribution in [2.75, 3.05) is 18.0 Å². The van der Waals surface area contributed by atoms with E-state index < -0.39 is 11.3 Å². The van der Waals surface area contributed by atoms with Crippen molar-refractivity contribution in [3.63, 3.8) is 0 Å². The number of aromatic nitrogens is 3. The van der Waals surface area contributed by atoms with Gasteiger partial charge in [0.2, 0.25) is 5.43 Å². The third-order valence-corrected chi connectivity index (χ3v) is 5.42. The number of rotatable bonds is 5. The van der Waals surface area contributed by atoms with E-state index >= 15 is 0 Å². The first-order valence-corrected chi connectivity index (χ1v) is 10.2. The Bertz CT molecular complexity index is 1140. The number of hydrogen-bond donors (Lipinski definition) is 1. The van der Waals surface area contributed by atoms with Crippen LogP contribution in [0.2, 0.25) is 5.02 Å². The van der Waals surface area contributed by atoms with Gasteiger partial charge in [-0.3, -0.25) is 9.59 Å². The predicted molar refractivity (Wildman–Crippen MR) is 116 cm³/mol. The van der Waals surface area contributed by atoms with Gasteiger partial charge in [0.1, 0.15) is 5.82 Å². The number of nitrogens with zero attached hydrogens (tertiary/aromatic N) is 4. The fraction of sp³-hybridized carbons (Fsp3) is 0.273. The van der Waals surface area contributed by atoms with Gasteiger partial charge in [-0.2, -0.15) is 5.10 Å². The molecule has 0 radical (unpaired) electrons. The number of aryl methyl sites for hydroxylation is 1. The summed E-state index contributed by atoms with van der Waals surface area (Å²) in [7, 11) is 0. The summed E-state index contributed by atoms with van der Waals surface area (Å²) in [6, 6.07) is 12.4. The summed E-state index contributed by atoms with van der Waals surface area (Å²) in [5, 5.41) is 7.56. The molecule has 8 heteroatoms. The van der Waals surface area contributed by atoms with E-state index in [2.05, 4.69) is 20.3 Å². The maximum atomic E-state index is 12.7. The molecule has 0 aliphatic carbocycles. The van der Waals surface area contributed by atoms with Gasteiger partial charge in [0.25, 0.3) is 5.91 Å². The number of amides is 1. The minimum absolute atomic E-state index is 0.172. The van der Waals surface area contributed by atoms with Crippen molar-refractivity contribution in [3.05, 3.63) is 80.9 Å². The zero-order valence-corrected chi connectivity index (χ0v) is 17.4. The first-order chi connectivity index (χ1) is 14.5. The molecule has 30 heavy (non-hydrogen) atoms. The molecule has 3 aromatic rings. The standard InChI is InChI=1S/C22H22ClN5O2/c1-15-12-19(29)21(26-28(15)18-7-3-2-6-17(18)23)22(30)25-14-16-8-9-24-20(13-16)27-10-4-5-11-27/h2-3,6-9,12-13H,4-5,10-11,14H2,1H3,(H,25,30). The lowest BCUT2D eigenvalue weighted by Crippen LogP contribution is -2.31. The molecule has 1 aromatic carbocycles. The summed E-state index contributed by atoms with van der Waals surface area (Å²) in [6.45, 7) is 4.02. The lowest BCUT2D eigenvalue weighted by Gasteiger charge is -2.17. The fourth-order valence-electron chi connectivity index (χ4n) is 3.53. The Balaban J connectivity index is 1.54. The summed E-state index contributed by atoms with van der Waals surface area (Å²) < 4.78 is 1.51. The van der Waals surface area contributed by atoms with Gasteiger partial charge in [-0.15, -0.1) is 0 Å². The van der Waals surface area contributed by atoms with E-state index in [1.807, 2.05) is 24.3 Å². The van der Waals surface area contributed by atoms with Crippen LogP contribution in [0.25, 0.3) is 5.69 Å². The SMILES string of the molecule is Cc1cc(=O)c(C(=O)NCc2ccnc(N3CCCC3)c2)nn1-c1ccccc1Cl. The van der Waals surface area contributed by atoms with Crippen LogP contribution in [0.4, 0.5) is 5.82 Å². The zero-order chi connectivity index (χ0) is 21.1.